The van der Waals surface area contributed by atoms with Crippen molar-refractivity contribution in [3.8, 4) is 5.75 Å². The summed E-state index contributed by atoms with van der Waals surface area (Å²) in [4.78, 5) is 24.7. The quantitative estimate of drug-likeness (QED) is 0.858. The van der Waals surface area contributed by atoms with Crippen LogP contribution >= 0.6 is 0 Å². The van der Waals surface area contributed by atoms with Gasteiger partial charge in [-0.15, -0.1) is 0 Å². The molecule has 0 aliphatic carbocycles. The van der Waals surface area contributed by atoms with Gasteiger partial charge in [0.25, 0.3) is 5.91 Å². The molecule has 0 spiro atoms. The average Bonchev–Trinajstić information content (AvgIpc) is 2.98. The molecule has 0 aromatic heterocycles. The Morgan fingerprint density at radius 1 is 1.32 bits per heavy atom. The summed E-state index contributed by atoms with van der Waals surface area (Å²) in [7, 11) is 1.52. The minimum Gasteiger partial charge on any atom is -0.484 e. The lowest BCUT2D eigenvalue weighted by atomic mass is 10.2. The fourth-order valence-corrected chi connectivity index (χ4v) is 2.53. The third-order valence-corrected chi connectivity index (χ3v) is 3.90. The molecule has 1 aliphatic heterocycles. The fraction of sp³-hybridized carbons (Fsp3) is 0.500. The molecule has 6 heteroatoms. The number of ether oxygens (including phenoxy) is 2. The zero-order valence-electron chi connectivity index (χ0n) is 12.8. The van der Waals surface area contributed by atoms with Crippen molar-refractivity contribution >= 4 is 11.9 Å². The minimum absolute atomic E-state index is 0.175. The van der Waals surface area contributed by atoms with Gasteiger partial charge < -0.3 is 19.5 Å². The van der Waals surface area contributed by atoms with Gasteiger partial charge in [-0.25, -0.2) is 4.79 Å². The highest BCUT2D eigenvalue weighted by atomic mass is 16.5. The van der Waals surface area contributed by atoms with E-state index in [-0.39, 0.29) is 25.2 Å². The Balaban J connectivity index is 1.94. The van der Waals surface area contributed by atoms with Crippen molar-refractivity contribution in [2.45, 2.75) is 31.9 Å². The monoisotopic (exact) mass is 307 g/mol. The molecule has 2 unspecified atom stereocenters. The van der Waals surface area contributed by atoms with Crippen molar-refractivity contribution in [1.29, 1.82) is 0 Å². The molecule has 1 amide bonds. The molecule has 1 aromatic carbocycles. The summed E-state index contributed by atoms with van der Waals surface area (Å²) in [6.07, 6.45) is 1.00. The average molecular weight is 307 g/mol. The smallest absolute Gasteiger partial charge is 0.326 e. The van der Waals surface area contributed by atoms with Crippen LogP contribution in [0.4, 0.5) is 0 Å². The van der Waals surface area contributed by atoms with Gasteiger partial charge in [0.05, 0.1) is 6.10 Å². The first-order valence-electron chi connectivity index (χ1n) is 7.32. The SMILES string of the molecule is CCc1ccc(OCC(=O)N2CC(OC)CC2C(=O)O)cc1. The Bertz CT molecular complexity index is 528. The van der Waals surface area contributed by atoms with E-state index in [4.69, 9.17) is 9.47 Å². The molecule has 120 valence electrons. The summed E-state index contributed by atoms with van der Waals surface area (Å²) in [5, 5.41) is 9.20. The number of rotatable bonds is 6. The Labute approximate surface area is 129 Å². The summed E-state index contributed by atoms with van der Waals surface area (Å²) in [6.45, 7) is 2.17. The van der Waals surface area contributed by atoms with Crippen LogP contribution in [-0.2, 0) is 20.7 Å². The van der Waals surface area contributed by atoms with Crippen LogP contribution < -0.4 is 4.74 Å². The van der Waals surface area contributed by atoms with Gasteiger partial charge in [0, 0.05) is 20.1 Å². The first-order valence-corrected chi connectivity index (χ1v) is 7.32. The highest BCUT2D eigenvalue weighted by Crippen LogP contribution is 2.21. The number of benzene rings is 1. The minimum atomic E-state index is -1.01. The van der Waals surface area contributed by atoms with Crippen molar-refractivity contribution in [3.05, 3.63) is 29.8 Å². The summed E-state index contributed by atoms with van der Waals surface area (Å²) in [5.74, 6) is -0.758. The number of aliphatic carboxylic acids is 1. The number of carbonyl (C=O) groups is 2. The van der Waals surface area contributed by atoms with Gasteiger partial charge >= 0.3 is 5.97 Å². The van der Waals surface area contributed by atoms with Crippen molar-refractivity contribution in [3.63, 3.8) is 0 Å². The Kier molecular flexibility index (Phi) is 5.38. The van der Waals surface area contributed by atoms with Crippen LogP contribution in [0.5, 0.6) is 5.75 Å². The van der Waals surface area contributed by atoms with Gasteiger partial charge in [-0.1, -0.05) is 19.1 Å². The molecule has 2 rings (SSSR count). The number of amides is 1. The summed E-state index contributed by atoms with van der Waals surface area (Å²) < 4.78 is 10.6. The molecule has 6 nitrogen and oxygen atoms in total. The topological polar surface area (TPSA) is 76.1 Å². The number of carboxylic acid groups (broad SMARTS) is 1. The van der Waals surface area contributed by atoms with E-state index < -0.39 is 12.0 Å². The fourth-order valence-electron chi connectivity index (χ4n) is 2.53. The lowest BCUT2D eigenvalue weighted by Crippen LogP contribution is -2.43. The molecule has 1 saturated heterocycles. The summed E-state index contributed by atoms with van der Waals surface area (Å²) >= 11 is 0. The summed E-state index contributed by atoms with van der Waals surface area (Å²) in [5.41, 5.74) is 1.19. The summed E-state index contributed by atoms with van der Waals surface area (Å²) in [6, 6.07) is 6.65. The number of nitrogens with zero attached hydrogens (tertiary/aromatic N) is 1. The van der Waals surface area contributed by atoms with Crippen molar-refractivity contribution < 1.29 is 24.2 Å². The van der Waals surface area contributed by atoms with Crippen LogP contribution in [0.2, 0.25) is 0 Å². The van der Waals surface area contributed by atoms with Gasteiger partial charge in [-0.05, 0) is 24.1 Å². The standard InChI is InChI=1S/C16H21NO5/c1-3-11-4-6-12(7-5-11)22-10-15(18)17-9-13(21-2)8-14(17)16(19)20/h4-7,13-14H,3,8-10H2,1-2H3,(H,19,20). The van der Waals surface area contributed by atoms with Gasteiger partial charge in [-0.3, -0.25) is 4.79 Å². The zero-order chi connectivity index (χ0) is 16.1. The number of aryl methyl sites for hydroxylation is 1. The Hall–Kier alpha value is -2.08. The van der Waals surface area contributed by atoms with E-state index in [2.05, 4.69) is 6.92 Å². The number of carboxylic acids is 1. The van der Waals surface area contributed by atoms with Crippen molar-refractivity contribution in [2.75, 3.05) is 20.3 Å². The molecule has 2 atom stereocenters. The molecular weight excluding hydrogens is 286 g/mol. The third kappa shape index (κ3) is 3.76. The molecule has 0 radical (unpaired) electrons. The lowest BCUT2D eigenvalue weighted by Gasteiger charge is -2.21. The zero-order valence-corrected chi connectivity index (χ0v) is 12.8. The normalized spacial score (nSPS) is 20.9. The highest BCUT2D eigenvalue weighted by Gasteiger charge is 2.39. The molecule has 1 heterocycles. The largest absolute Gasteiger partial charge is 0.484 e. The highest BCUT2D eigenvalue weighted by molar-refractivity contribution is 5.85. The van der Waals surface area contributed by atoms with Gasteiger partial charge in [0.1, 0.15) is 11.8 Å². The second-order valence-corrected chi connectivity index (χ2v) is 5.28. The van der Waals surface area contributed by atoms with Crippen molar-refractivity contribution in [2.24, 2.45) is 0 Å². The third-order valence-electron chi connectivity index (χ3n) is 3.90. The van der Waals surface area contributed by atoms with Crippen LogP contribution in [0.25, 0.3) is 0 Å². The number of carbonyl (C=O) groups excluding carboxylic acids is 1. The van der Waals surface area contributed by atoms with Crippen LogP contribution in [0.1, 0.15) is 18.9 Å². The molecule has 0 saturated carbocycles. The first kappa shape index (κ1) is 16.3. The maximum Gasteiger partial charge on any atom is 0.326 e. The number of hydrogen-bond donors (Lipinski definition) is 1. The Morgan fingerprint density at radius 3 is 2.55 bits per heavy atom. The van der Waals surface area contributed by atoms with E-state index in [1.165, 1.54) is 17.6 Å². The van der Waals surface area contributed by atoms with Gasteiger partial charge in [0.2, 0.25) is 0 Å². The van der Waals surface area contributed by atoms with Crippen LogP contribution in [-0.4, -0.2) is 54.3 Å². The van der Waals surface area contributed by atoms with Crippen LogP contribution in [0, 0.1) is 0 Å². The van der Waals surface area contributed by atoms with E-state index in [0.717, 1.165) is 6.42 Å². The molecule has 0 bridgehead atoms. The number of likely N-dealkylation sites (tertiary alicyclic amines) is 1. The molecule has 1 aliphatic rings. The van der Waals surface area contributed by atoms with Crippen molar-refractivity contribution in [1.82, 2.24) is 4.90 Å². The lowest BCUT2D eigenvalue weighted by molar-refractivity contribution is -0.148. The number of methoxy groups -OCH3 is 1. The first-order chi connectivity index (χ1) is 10.5. The molecule has 22 heavy (non-hydrogen) atoms. The number of hydrogen-bond acceptors (Lipinski definition) is 4. The van der Waals surface area contributed by atoms with Crippen LogP contribution in [0.15, 0.2) is 24.3 Å². The van der Waals surface area contributed by atoms with E-state index in [0.29, 0.717) is 12.2 Å². The van der Waals surface area contributed by atoms with E-state index in [9.17, 15) is 14.7 Å². The molecular formula is C16H21NO5. The molecule has 1 fully saturated rings. The van der Waals surface area contributed by atoms with Gasteiger partial charge in [-0.2, -0.15) is 0 Å². The van der Waals surface area contributed by atoms with E-state index in [1.54, 1.807) is 0 Å². The Morgan fingerprint density at radius 2 is 2.00 bits per heavy atom. The van der Waals surface area contributed by atoms with E-state index >= 15 is 0 Å². The predicted octanol–water partition coefficient (Wildman–Crippen LogP) is 1.33. The van der Waals surface area contributed by atoms with E-state index in [1.807, 2.05) is 24.3 Å². The maximum absolute atomic E-state index is 12.2. The predicted molar refractivity (Wildman–Crippen MR) is 79.9 cm³/mol. The molecule has 1 N–H and O–H groups in total. The molecule has 1 aromatic rings. The second kappa shape index (κ2) is 7.26. The second-order valence-electron chi connectivity index (χ2n) is 5.28. The maximum atomic E-state index is 12.2. The van der Waals surface area contributed by atoms with Crippen LogP contribution in [0.3, 0.4) is 0 Å². The van der Waals surface area contributed by atoms with Gasteiger partial charge in [0.15, 0.2) is 6.61 Å².